The van der Waals surface area contributed by atoms with Gasteiger partial charge < -0.3 is 15.3 Å². The molecule has 0 aliphatic carbocycles. The van der Waals surface area contributed by atoms with Gasteiger partial charge in [-0.25, -0.2) is 4.79 Å². The lowest BCUT2D eigenvalue weighted by atomic mass is 10.2. The van der Waals surface area contributed by atoms with Crippen LogP contribution in [0.2, 0.25) is 0 Å². The molecule has 3 N–H and O–H groups in total. The Morgan fingerprint density at radius 2 is 2.07 bits per heavy atom. The number of rotatable bonds is 4. The van der Waals surface area contributed by atoms with Gasteiger partial charge in [0.05, 0.1) is 4.88 Å². The Bertz CT molecular complexity index is 345. The SMILES string of the molecule is O=Cc1ccc(C(O)C(O)C(=O)O)s1. The summed E-state index contributed by atoms with van der Waals surface area (Å²) in [5.74, 6) is -1.50. The van der Waals surface area contributed by atoms with E-state index in [-0.39, 0.29) is 4.88 Å². The number of carboxylic acids is 1. The molecular formula is C8H8O5S. The molecule has 0 aromatic carbocycles. The van der Waals surface area contributed by atoms with E-state index in [0.29, 0.717) is 11.2 Å². The van der Waals surface area contributed by atoms with Crippen LogP contribution >= 0.6 is 11.3 Å². The molecule has 5 nitrogen and oxygen atoms in total. The van der Waals surface area contributed by atoms with Crippen LogP contribution in [0.1, 0.15) is 20.7 Å². The van der Waals surface area contributed by atoms with E-state index >= 15 is 0 Å². The Labute approximate surface area is 83.2 Å². The van der Waals surface area contributed by atoms with Crippen molar-refractivity contribution in [2.75, 3.05) is 0 Å². The number of aliphatic hydroxyl groups excluding tert-OH is 2. The third-order valence-electron chi connectivity index (χ3n) is 1.61. The minimum atomic E-state index is -1.87. The molecule has 0 radical (unpaired) electrons. The predicted octanol–water partition coefficient (Wildman–Crippen LogP) is 0.0395. The van der Waals surface area contributed by atoms with E-state index in [1.54, 1.807) is 0 Å². The highest BCUT2D eigenvalue weighted by molar-refractivity contribution is 7.13. The lowest BCUT2D eigenvalue weighted by molar-refractivity contribution is -0.152. The van der Waals surface area contributed by atoms with Gasteiger partial charge in [-0.15, -0.1) is 11.3 Å². The fourth-order valence-electron chi connectivity index (χ4n) is 0.881. The lowest BCUT2D eigenvalue weighted by Crippen LogP contribution is -2.26. The molecule has 0 saturated carbocycles. The van der Waals surface area contributed by atoms with Crippen molar-refractivity contribution in [2.24, 2.45) is 0 Å². The maximum absolute atomic E-state index is 10.3. The van der Waals surface area contributed by atoms with Crippen LogP contribution < -0.4 is 0 Å². The first kappa shape index (κ1) is 10.8. The first-order chi connectivity index (χ1) is 6.56. The van der Waals surface area contributed by atoms with Crippen molar-refractivity contribution in [2.45, 2.75) is 12.2 Å². The predicted molar refractivity (Wildman–Crippen MR) is 48.3 cm³/mol. The number of carboxylic acid groups (broad SMARTS) is 1. The normalized spacial score (nSPS) is 14.7. The van der Waals surface area contributed by atoms with Gasteiger partial charge in [0.15, 0.2) is 12.4 Å². The molecule has 1 rings (SSSR count). The van der Waals surface area contributed by atoms with Crippen molar-refractivity contribution in [1.82, 2.24) is 0 Å². The van der Waals surface area contributed by atoms with Gasteiger partial charge in [0.25, 0.3) is 0 Å². The molecule has 2 atom stereocenters. The summed E-state index contributed by atoms with van der Waals surface area (Å²) in [6, 6.07) is 2.86. The van der Waals surface area contributed by atoms with E-state index in [2.05, 4.69) is 0 Å². The smallest absolute Gasteiger partial charge is 0.335 e. The molecule has 1 heterocycles. The van der Waals surface area contributed by atoms with Gasteiger partial charge in [0.1, 0.15) is 6.10 Å². The number of hydrogen-bond donors (Lipinski definition) is 3. The molecule has 0 aliphatic heterocycles. The average Bonchev–Trinajstić information content (AvgIpc) is 2.63. The van der Waals surface area contributed by atoms with Gasteiger partial charge in [0, 0.05) is 4.88 Å². The van der Waals surface area contributed by atoms with Gasteiger partial charge in [-0.1, -0.05) is 0 Å². The Kier molecular flexibility index (Phi) is 3.34. The number of aliphatic hydroxyl groups is 2. The van der Waals surface area contributed by atoms with Gasteiger partial charge in [-0.05, 0) is 12.1 Å². The minimum Gasteiger partial charge on any atom is -0.479 e. The summed E-state index contributed by atoms with van der Waals surface area (Å²) in [6.07, 6.45) is -2.77. The molecule has 2 unspecified atom stereocenters. The monoisotopic (exact) mass is 216 g/mol. The first-order valence-electron chi connectivity index (χ1n) is 3.70. The maximum Gasteiger partial charge on any atom is 0.335 e. The summed E-state index contributed by atoms with van der Waals surface area (Å²) in [5.41, 5.74) is 0. The molecule has 14 heavy (non-hydrogen) atoms. The van der Waals surface area contributed by atoms with Gasteiger partial charge >= 0.3 is 5.97 Å². The van der Waals surface area contributed by atoms with Crippen molar-refractivity contribution in [1.29, 1.82) is 0 Å². The largest absolute Gasteiger partial charge is 0.479 e. The number of hydrogen-bond acceptors (Lipinski definition) is 5. The second kappa shape index (κ2) is 4.32. The quantitative estimate of drug-likeness (QED) is 0.618. The van der Waals surface area contributed by atoms with Crippen LogP contribution in [0.5, 0.6) is 0 Å². The van der Waals surface area contributed by atoms with Crippen molar-refractivity contribution < 1.29 is 24.9 Å². The van der Waals surface area contributed by atoms with E-state index in [9.17, 15) is 14.7 Å². The van der Waals surface area contributed by atoms with Crippen molar-refractivity contribution in [3.05, 3.63) is 21.9 Å². The highest BCUT2D eigenvalue weighted by atomic mass is 32.1. The topological polar surface area (TPSA) is 94.8 Å². The molecule has 0 saturated heterocycles. The molecule has 0 fully saturated rings. The van der Waals surface area contributed by atoms with Gasteiger partial charge in [0.2, 0.25) is 0 Å². The number of aliphatic carboxylic acids is 1. The van der Waals surface area contributed by atoms with E-state index in [1.807, 2.05) is 0 Å². The second-order valence-corrected chi connectivity index (χ2v) is 3.73. The zero-order valence-corrected chi connectivity index (χ0v) is 7.77. The van der Waals surface area contributed by atoms with Crippen LogP contribution in [0.4, 0.5) is 0 Å². The summed E-state index contributed by atoms with van der Waals surface area (Å²) in [5, 5.41) is 26.7. The van der Waals surface area contributed by atoms with Crippen LogP contribution in [0.15, 0.2) is 12.1 Å². The van der Waals surface area contributed by atoms with Crippen molar-refractivity contribution in [3.63, 3.8) is 0 Å². The van der Waals surface area contributed by atoms with E-state index in [1.165, 1.54) is 12.1 Å². The summed E-state index contributed by atoms with van der Waals surface area (Å²) in [6.45, 7) is 0. The molecule has 6 heteroatoms. The third-order valence-corrected chi connectivity index (χ3v) is 2.69. The molecule has 76 valence electrons. The number of carbonyl (C=O) groups excluding carboxylic acids is 1. The summed E-state index contributed by atoms with van der Waals surface area (Å²) >= 11 is 0.945. The molecule has 0 spiro atoms. The first-order valence-corrected chi connectivity index (χ1v) is 4.51. The summed E-state index contributed by atoms with van der Waals surface area (Å²) < 4.78 is 0. The van der Waals surface area contributed by atoms with E-state index in [4.69, 9.17) is 10.2 Å². The highest BCUT2D eigenvalue weighted by Crippen LogP contribution is 2.24. The molecule has 1 aromatic rings. The number of thiophene rings is 1. The second-order valence-electron chi connectivity index (χ2n) is 2.59. The Hall–Kier alpha value is -1.24. The van der Waals surface area contributed by atoms with E-state index < -0.39 is 18.2 Å². The fraction of sp³-hybridized carbons (Fsp3) is 0.250. The average molecular weight is 216 g/mol. The van der Waals surface area contributed by atoms with Crippen LogP contribution in [-0.4, -0.2) is 33.7 Å². The van der Waals surface area contributed by atoms with Gasteiger partial charge in [-0.3, -0.25) is 4.79 Å². The standard InChI is InChI=1S/C8H8O5S/c9-3-4-1-2-5(14-4)6(10)7(11)8(12)13/h1-3,6-7,10-11H,(H,12,13). The number of carbonyl (C=O) groups is 2. The lowest BCUT2D eigenvalue weighted by Gasteiger charge is -2.11. The Morgan fingerprint density at radius 1 is 1.43 bits per heavy atom. The van der Waals surface area contributed by atoms with Crippen LogP contribution in [0.3, 0.4) is 0 Å². The van der Waals surface area contributed by atoms with Crippen LogP contribution in [0, 0.1) is 0 Å². The van der Waals surface area contributed by atoms with E-state index in [0.717, 1.165) is 11.3 Å². The molecule has 0 amide bonds. The third kappa shape index (κ3) is 2.16. The number of aldehydes is 1. The maximum atomic E-state index is 10.3. The Balaban J connectivity index is 2.83. The fourth-order valence-corrected chi connectivity index (χ4v) is 1.72. The van der Waals surface area contributed by atoms with Crippen LogP contribution in [-0.2, 0) is 4.79 Å². The minimum absolute atomic E-state index is 0.252. The van der Waals surface area contributed by atoms with Crippen molar-refractivity contribution in [3.8, 4) is 0 Å². The molecule has 0 bridgehead atoms. The molecular weight excluding hydrogens is 208 g/mol. The molecule has 0 aliphatic rings. The van der Waals surface area contributed by atoms with Crippen LogP contribution in [0.25, 0.3) is 0 Å². The summed E-state index contributed by atoms with van der Waals surface area (Å²) in [4.78, 5) is 21.2. The van der Waals surface area contributed by atoms with Crippen molar-refractivity contribution >= 4 is 23.6 Å². The highest BCUT2D eigenvalue weighted by Gasteiger charge is 2.26. The summed E-state index contributed by atoms with van der Waals surface area (Å²) in [7, 11) is 0. The van der Waals surface area contributed by atoms with Gasteiger partial charge in [-0.2, -0.15) is 0 Å². The zero-order chi connectivity index (χ0) is 10.7. The zero-order valence-electron chi connectivity index (χ0n) is 6.95. The Morgan fingerprint density at radius 3 is 2.50 bits per heavy atom. The molecule has 1 aromatic heterocycles.